The molecule has 0 amide bonds. The van der Waals surface area contributed by atoms with Gasteiger partial charge in [0.2, 0.25) is 0 Å². The lowest BCUT2D eigenvalue weighted by Crippen LogP contribution is -2.54. The molecule has 144 valence electrons. The van der Waals surface area contributed by atoms with Crippen LogP contribution in [-0.2, 0) is 19.6 Å². The molecule has 1 fully saturated rings. The van der Waals surface area contributed by atoms with Crippen molar-refractivity contribution < 1.29 is 4.42 Å². The first kappa shape index (κ1) is 18.3. The molecule has 3 aromatic heterocycles. The van der Waals surface area contributed by atoms with Gasteiger partial charge in [-0.2, -0.15) is 0 Å². The largest absolute Gasteiger partial charge is 0.468 e. The highest BCUT2D eigenvalue weighted by Crippen LogP contribution is 2.21. The van der Waals surface area contributed by atoms with E-state index in [1.54, 1.807) is 17.6 Å². The average Bonchev–Trinajstić information content (AvgIpc) is 3.41. The number of rotatable bonds is 7. The maximum atomic E-state index is 5.53. The molecule has 7 nitrogen and oxygen atoms in total. The van der Waals surface area contributed by atoms with E-state index in [0.29, 0.717) is 12.0 Å². The Balaban J connectivity index is 1.42. The molecule has 4 heterocycles. The van der Waals surface area contributed by atoms with E-state index in [4.69, 9.17) is 4.42 Å². The van der Waals surface area contributed by atoms with Crippen LogP contribution in [-0.4, -0.2) is 55.7 Å². The Morgan fingerprint density at radius 2 is 2.11 bits per heavy atom. The molecule has 0 aliphatic carbocycles. The molecule has 0 N–H and O–H groups in total. The Labute approximate surface area is 163 Å². The molecule has 4 rings (SSSR count). The highest BCUT2D eigenvalue weighted by atomic mass is 32.1. The maximum absolute atomic E-state index is 5.53. The van der Waals surface area contributed by atoms with Crippen LogP contribution >= 0.6 is 11.3 Å². The number of hydrogen-bond acceptors (Lipinski definition) is 7. The standard InChI is InChI=1S/C19H26N6OS/c1-15(2)18-13-23(11-16-5-3-9-26-16)7-8-24(18)14-19-20-21-22-25(19)12-17-6-4-10-27-17/h3-6,9-10,15,18H,7-8,11-14H2,1-2H3/t18-/m1/s1. The van der Waals surface area contributed by atoms with E-state index in [1.165, 1.54) is 4.88 Å². The first-order valence-corrected chi connectivity index (χ1v) is 10.3. The van der Waals surface area contributed by atoms with Crippen molar-refractivity contribution in [3.05, 3.63) is 52.4 Å². The molecule has 0 bridgehead atoms. The lowest BCUT2D eigenvalue weighted by atomic mass is 9.99. The third kappa shape index (κ3) is 4.45. The Bertz CT molecular complexity index is 813. The van der Waals surface area contributed by atoms with Gasteiger partial charge in [-0.25, -0.2) is 4.68 Å². The first-order valence-electron chi connectivity index (χ1n) is 9.45. The fourth-order valence-electron chi connectivity index (χ4n) is 3.69. The summed E-state index contributed by atoms with van der Waals surface area (Å²) in [6, 6.07) is 8.67. The maximum Gasteiger partial charge on any atom is 0.165 e. The van der Waals surface area contributed by atoms with Crippen molar-refractivity contribution in [1.82, 2.24) is 30.0 Å². The zero-order valence-corrected chi connectivity index (χ0v) is 16.7. The summed E-state index contributed by atoms with van der Waals surface area (Å²) in [5.41, 5.74) is 0. The number of piperazine rings is 1. The van der Waals surface area contributed by atoms with Gasteiger partial charge in [0.05, 0.1) is 25.9 Å². The molecule has 0 aromatic carbocycles. The SMILES string of the molecule is CC(C)[C@H]1CN(Cc2ccco2)CCN1Cc1nnnn1Cc1cccs1. The summed E-state index contributed by atoms with van der Waals surface area (Å²) in [6.45, 7) is 10.1. The number of hydrogen-bond donors (Lipinski definition) is 0. The molecular weight excluding hydrogens is 360 g/mol. The van der Waals surface area contributed by atoms with E-state index in [-0.39, 0.29) is 0 Å². The number of tetrazole rings is 1. The molecule has 3 aromatic rings. The van der Waals surface area contributed by atoms with Crippen LogP contribution in [0.2, 0.25) is 0 Å². The summed E-state index contributed by atoms with van der Waals surface area (Å²) in [7, 11) is 0. The van der Waals surface area contributed by atoms with Gasteiger partial charge < -0.3 is 4.42 Å². The third-order valence-electron chi connectivity index (χ3n) is 5.18. The number of nitrogens with zero attached hydrogens (tertiary/aromatic N) is 6. The van der Waals surface area contributed by atoms with Gasteiger partial charge in [0.1, 0.15) is 5.76 Å². The summed E-state index contributed by atoms with van der Waals surface area (Å²) >= 11 is 1.74. The van der Waals surface area contributed by atoms with Crippen LogP contribution in [0.15, 0.2) is 40.3 Å². The highest BCUT2D eigenvalue weighted by Gasteiger charge is 2.30. The van der Waals surface area contributed by atoms with E-state index >= 15 is 0 Å². The van der Waals surface area contributed by atoms with Gasteiger partial charge in [-0.3, -0.25) is 9.80 Å². The van der Waals surface area contributed by atoms with Crippen LogP contribution in [0.3, 0.4) is 0 Å². The fourth-order valence-corrected chi connectivity index (χ4v) is 4.38. The van der Waals surface area contributed by atoms with Gasteiger partial charge >= 0.3 is 0 Å². The van der Waals surface area contributed by atoms with Gasteiger partial charge in [-0.15, -0.1) is 16.4 Å². The number of thiophene rings is 1. The topological polar surface area (TPSA) is 63.2 Å². The molecule has 27 heavy (non-hydrogen) atoms. The Kier molecular flexibility index (Phi) is 5.66. The summed E-state index contributed by atoms with van der Waals surface area (Å²) in [5.74, 6) is 2.53. The zero-order valence-electron chi connectivity index (χ0n) is 15.9. The van der Waals surface area contributed by atoms with Crippen LogP contribution in [0.1, 0.15) is 30.3 Å². The van der Waals surface area contributed by atoms with Crippen LogP contribution in [0.5, 0.6) is 0 Å². The normalized spacial score (nSPS) is 19.1. The van der Waals surface area contributed by atoms with Crippen LogP contribution < -0.4 is 0 Å². The van der Waals surface area contributed by atoms with Crippen LogP contribution in [0.25, 0.3) is 0 Å². The van der Waals surface area contributed by atoms with E-state index in [1.807, 2.05) is 10.7 Å². The van der Waals surface area contributed by atoms with E-state index < -0.39 is 0 Å². The van der Waals surface area contributed by atoms with Gasteiger partial charge in [-0.1, -0.05) is 19.9 Å². The van der Waals surface area contributed by atoms with Crippen molar-refractivity contribution in [2.24, 2.45) is 5.92 Å². The van der Waals surface area contributed by atoms with Crippen molar-refractivity contribution in [3.63, 3.8) is 0 Å². The van der Waals surface area contributed by atoms with E-state index in [0.717, 1.165) is 50.9 Å². The minimum absolute atomic E-state index is 0.473. The molecular formula is C19H26N6OS. The predicted molar refractivity (Wildman–Crippen MR) is 104 cm³/mol. The Morgan fingerprint density at radius 3 is 2.85 bits per heavy atom. The quantitative estimate of drug-likeness (QED) is 0.622. The van der Waals surface area contributed by atoms with Crippen molar-refractivity contribution in [2.45, 2.75) is 39.5 Å². The molecule has 0 unspecified atom stereocenters. The molecule has 1 aliphatic rings. The molecule has 0 saturated carbocycles. The van der Waals surface area contributed by atoms with E-state index in [9.17, 15) is 0 Å². The third-order valence-corrected chi connectivity index (χ3v) is 6.04. The van der Waals surface area contributed by atoms with Gasteiger partial charge in [0.25, 0.3) is 0 Å². The monoisotopic (exact) mass is 386 g/mol. The molecule has 1 aliphatic heterocycles. The minimum Gasteiger partial charge on any atom is -0.468 e. The number of aromatic nitrogens is 4. The summed E-state index contributed by atoms with van der Waals surface area (Å²) in [4.78, 5) is 6.28. The smallest absolute Gasteiger partial charge is 0.165 e. The highest BCUT2D eigenvalue weighted by molar-refractivity contribution is 7.09. The lowest BCUT2D eigenvalue weighted by molar-refractivity contribution is 0.0349. The average molecular weight is 387 g/mol. The minimum atomic E-state index is 0.473. The van der Waals surface area contributed by atoms with Gasteiger partial charge in [0, 0.05) is 30.6 Å². The second-order valence-corrected chi connectivity index (χ2v) is 8.46. The van der Waals surface area contributed by atoms with Crippen LogP contribution in [0, 0.1) is 5.92 Å². The van der Waals surface area contributed by atoms with Crippen molar-refractivity contribution in [2.75, 3.05) is 19.6 Å². The molecule has 8 heteroatoms. The molecule has 0 spiro atoms. The second kappa shape index (κ2) is 8.33. The van der Waals surface area contributed by atoms with Crippen LogP contribution in [0.4, 0.5) is 0 Å². The van der Waals surface area contributed by atoms with Gasteiger partial charge in [0.15, 0.2) is 5.82 Å². The summed E-state index contributed by atoms with van der Waals surface area (Å²) in [6.07, 6.45) is 1.75. The second-order valence-electron chi connectivity index (χ2n) is 7.43. The molecule has 0 radical (unpaired) electrons. The predicted octanol–water partition coefficient (Wildman–Crippen LogP) is 2.72. The summed E-state index contributed by atoms with van der Waals surface area (Å²) in [5, 5.41) is 14.5. The zero-order chi connectivity index (χ0) is 18.6. The van der Waals surface area contributed by atoms with Crippen molar-refractivity contribution >= 4 is 11.3 Å². The fraction of sp³-hybridized carbons (Fsp3) is 0.526. The summed E-state index contributed by atoms with van der Waals surface area (Å²) < 4.78 is 7.45. The lowest BCUT2D eigenvalue weighted by Gasteiger charge is -2.43. The number of furan rings is 1. The first-order chi connectivity index (χ1) is 13.2. The molecule has 1 saturated heterocycles. The van der Waals surface area contributed by atoms with Crippen molar-refractivity contribution in [1.29, 1.82) is 0 Å². The van der Waals surface area contributed by atoms with E-state index in [2.05, 4.69) is 62.8 Å². The Morgan fingerprint density at radius 1 is 1.19 bits per heavy atom. The van der Waals surface area contributed by atoms with Crippen molar-refractivity contribution in [3.8, 4) is 0 Å². The van der Waals surface area contributed by atoms with Gasteiger partial charge in [-0.05, 0) is 39.9 Å². The Hall–Kier alpha value is -2.03. The molecule has 1 atom stereocenters.